The molecule has 1 saturated heterocycles. The highest BCUT2D eigenvalue weighted by Crippen LogP contribution is 2.37. The van der Waals surface area contributed by atoms with Gasteiger partial charge in [0.05, 0.1) is 40.7 Å². The number of thiazole rings is 1. The smallest absolute Gasteiger partial charge is 0.275 e. The van der Waals surface area contributed by atoms with Crippen LogP contribution in [0.1, 0.15) is 25.9 Å². The zero-order valence-corrected chi connectivity index (χ0v) is 20.4. The van der Waals surface area contributed by atoms with E-state index in [1.165, 1.54) is 11.3 Å². The van der Waals surface area contributed by atoms with E-state index in [1.54, 1.807) is 48.2 Å². The van der Waals surface area contributed by atoms with Crippen LogP contribution in [0.2, 0.25) is 0 Å². The summed E-state index contributed by atoms with van der Waals surface area (Å²) in [7, 11) is 1.62. The van der Waals surface area contributed by atoms with Gasteiger partial charge in [-0.2, -0.15) is 0 Å². The fourth-order valence-electron chi connectivity index (χ4n) is 4.10. The van der Waals surface area contributed by atoms with Crippen molar-refractivity contribution in [3.63, 3.8) is 0 Å². The Hall–Kier alpha value is -3.30. The maximum Gasteiger partial charge on any atom is 0.275 e. The summed E-state index contributed by atoms with van der Waals surface area (Å²) >= 11 is 3.15. The molecule has 1 atom stereocenters. The first kappa shape index (κ1) is 22.5. The van der Waals surface area contributed by atoms with Crippen LogP contribution in [0.3, 0.4) is 0 Å². The Morgan fingerprint density at radius 1 is 1.21 bits per heavy atom. The zero-order chi connectivity index (χ0) is 23.7. The highest BCUT2D eigenvalue weighted by atomic mass is 32.2. The summed E-state index contributed by atoms with van der Waals surface area (Å²) in [5.41, 5.74) is 2.50. The van der Waals surface area contributed by atoms with Gasteiger partial charge in [0.2, 0.25) is 0 Å². The first-order valence-electron chi connectivity index (χ1n) is 10.8. The van der Waals surface area contributed by atoms with Gasteiger partial charge in [-0.1, -0.05) is 18.2 Å². The Morgan fingerprint density at radius 3 is 2.91 bits per heavy atom. The van der Waals surface area contributed by atoms with E-state index in [0.29, 0.717) is 35.0 Å². The molecule has 1 N–H and O–H groups in total. The minimum absolute atomic E-state index is 0.127. The van der Waals surface area contributed by atoms with Crippen molar-refractivity contribution >= 4 is 45.9 Å². The van der Waals surface area contributed by atoms with Crippen LogP contribution in [0.25, 0.3) is 21.4 Å². The number of carbonyl (C=O) groups is 2. The number of para-hydroxylation sites is 1. The molecule has 1 fully saturated rings. The number of nitrogens with one attached hydrogen (secondary N) is 1. The molecule has 174 valence electrons. The Kier molecular flexibility index (Phi) is 6.30. The summed E-state index contributed by atoms with van der Waals surface area (Å²) in [5.74, 6) is 1.68. The van der Waals surface area contributed by atoms with E-state index >= 15 is 0 Å². The molecule has 1 aliphatic heterocycles. The third kappa shape index (κ3) is 4.17. The van der Waals surface area contributed by atoms with Crippen molar-refractivity contribution in [2.75, 3.05) is 25.3 Å². The number of aryl methyl sites for hydroxylation is 1. The van der Waals surface area contributed by atoms with E-state index in [2.05, 4.69) is 10.3 Å². The lowest BCUT2D eigenvalue weighted by Crippen LogP contribution is -2.44. The average Bonchev–Trinajstić information content (AvgIpc) is 3.61. The molecule has 9 heteroatoms. The van der Waals surface area contributed by atoms with Crippen LogP contribution in [-0.2, 0) is 0 Å². The molecule has 34 heavy (non-hydrogen) atoms. The van der Waals surface area contributed by atoms with E-state index in [-0.39, 0.29) is 17.9 Å². The fourth-order valence-corrected chi connectivity index (χ4v) is 6.24. The third-order valence-electron chi connectivity index (χ3n) is 5.77. The first-order valence-corrected chi connectivity index (χ1v) is 12.8. The second kappa shape index (κ2) is 9.52. The number of methoxy groups -OCH3 is 1. The van der Waals surface area contributed by atoms with Crippen molar-refractivity contribution in [1.29, 1.82) is 0 Å². The molecule has 2 amide bonds. The second-order valence-corrected chi connectivity index (χ2v) is 10.1. The van der Waals surface area contributed by atoms with E-state index in [9.17, 15) is 9.59 Å². The number of hydrogen-bond acceptors (Lipinski definition) is 7. The van der Waals surface area contributed by atoms with Crippen LogP contribution in [-0.4, -0.2) is 53.0 Å². The molecule has 0 spiro atoms. The summed E-state index contributed by atoms with van der Waals surface area (Å²) in [4.78, 5) is 33.7. The van der Waals surface area contributed by atoms with Gasteiger partial charge in [-0.15, -0.1) is 23.1 Å². The second-order valence-electron chi connectivity index (χ2n) is 7.89. The summed E-state index contributed by atoms with van der Waals surface area (Å²) < 4.78 is 10.9. The number of nitrogens with zero attached hydrogens (tertiary/aromatic N) is 2. The number of furan rings is 1. The van der Waals surface area contributed by atoms with Crippen molar-refractivity contribution in [3.8, 4) is 16.2 Å². The molecule has 7 nitrogen and oxygen atoms in total. The van der Waals surface area contributed by atoms with E-state index in [4.69, 9.17) is 9.15 Å². The van der Waals surface area contributed by atoms with E-state index < -0.39 is 0 Å². The van der Waals surface area contributed by atoms with Gasteiger partial charge in [0.1, 0.15) is 17.0 Å². The molecule has 0 bridgehead atoms. The fraction of sp³-hybridized carbons (Fsp3) is 0.240. The minimum Gasteiger partial charge on any atom is -0.496 e. The van der Waals surface area contributed by atoms with Gasteiger partial charge in [0, 0.05) is 23.2 Å². The average molecular weight is 494 g/mol. The van der Waals surface area contributed by atoms with Gasteiger partial charge in [0.25, 0.3) is 11.8 Å². The summed E-state index contributed by atoms with van der Waals surface area (Å²) in [6, 6.07) is 14.7. The van der Waals surface area contributed by atoms with Crippen LogP contribution in [0.15, 0.2) is 59.2 Å². The molecule has 0 unspecified atom stereocenters. The number of amides is 2. The summed E-state index contributed by atoms with van der Waals surface area (Å²) in [6.45, 7) is 2.26. The molecule has 5 rings (SSSR count). The van der Waals surface area contributed by atoms with E-state index in [0.717, 1.165) is 26.6 Å². The summed E-state index contributed by atoms with van der Waals surface area (Å²) in [5, 5.41) is 4.59. The molecule has 0 aliphatic carbocycles. The number of fused-ring (bicyclic) bond motifs is 1. The lowest BCUT2D eigenvalue weighted by Gasteiger charge is -2.24. The molecular formula is C25H23N3O4S2. The minimum atomic E-state index is -0.185. The lowest BCUT2D eigenvalue weighted by atomic mass is 10.1. The molecule has 4 aromatic rings. The van der Waals surface area contributed by atoms with Crippen LogP contribution in [0, 0.1) is 6.92 Å². The van der Waals surface area contributed by atoms with Crippen LogP contribution in [0.4, 0.5) is 0 Å². The highest BCUT2D eigenvalue weighted by molar-refractivity contribution is 7.99. The Balaban J connectivity index is 1.35. The van der Waals surface area contributed by atoms with Crippen molar-refractivity contribution in [2.24, 2.45) is 0 Å². The van der Waals surface area contributed by atoms with Crippen molar-refractivity contribution in [3.05, 3.63) is 71.1 Å². The van der Waals surface area contributed by atoms with Crippen molar-refractivity contribution < 1.29 is 18.7 Å². The standard InChI is InChI=1S/C25H23N3O4S2/c1-15-27-22(23(34-15)19-6-3-4-8-20(19)31-2)25(30)28-14-33-13-16(28)12-26-24(29)18-7-5-9-21-17(18)10-11-32-21/h3-11,16H,12-14H2,1-2H3,(H,26,29)/t16-/m1/s1. The van der Waals surface area contributed by atoms with Gasteiger partial charge in [-0.25, -0.2) is 4.98 Å². The van der Waals surface area contributed by atoms with Crippen LogP contribution in [0.5, 0.6) is 5.75 Å². The first-order chi connectivity index (χ1) is 16.6. The third-order valence-corrected chi connectivity index (χ3v) is 7.85. The Labute approximate surface area is 205 Å². The predicted octanol–water partition coefficient (Wildman–Crippen LogP) is 4.82. The van der Waals surface area contributed by atoms with Gasteiger partial charge in [0.15, 0.2) is 0 Å². The number of thioether (sulfide) groups is 1. The van der Waals surface area contributed by atoms with Gasteiger partial charge < -0.3 is 19.4 Å². The number of carbonyl (C=O) groups excluding carboxylic acids is 2. The molecule has 1 aliphatic rings. The van der Waals surface area contributed by atoms with Crippen molar-refractivity contribution in [2.45, 2.75) is 13.0 Å². The molecule has 2 aromatic carbocycles. The van der Waals surface area contributed by atoms with Gasteiger partial charge >= 0.3 is 0 Å². The maximum absolute atomic E-state index is 13.6. The molecule has 3 heterocycles. The topological polar surface area (TPSA) is 84.7 Å². The van der Waals surface area contributed by atoms with Crippen LogP contribution < -0.4 is 10.1 Å². The Bertz CT molecular complexity index is 1360. The Morgan fingerprint density at radius 2 is 2.06 bits per heavy atom. The zero-order valence-electron chi connectivity index (χ0n) is 18.7. The number of aromatic nitrogens is 1. The van der Waals surface area contributed by atoms with E-state index in [1.807, 2.05) is 37.3 Å². The summed E-state index contributed by atoms with van der Waals surface area (Å²) in [6.07, 6.45) is 1.57. The van der Waals surface area contributed by atoms with Crippen LogP contribution >= 0.6 is 23.1 Å². The van der Waals surface area contributed by atoms with Crippen molar-refractivity contribution in [1.82, 2.24) is 15.2 Å². The largest absolute Gasteiger partial charge is 0.496 e. The number of ether oxygens (including phenoxy) is 1. The highest BCUT2D eigenvalue weighted by Gasteiger charge is 2.33. The predicted molar refractivity (Wildman–Crippen MR) is 135 cm³/mol. The quantitative estimate of drug-likeness (QED) is 0.415. The number of rotatable bonds is 6. The number of hydrogen-bond donors (Lipinski definition) is 1. The normalized spacial score (nSPS) is 15.6. The molecular weight excluding hydrogens is 470 g/mol. The number of benzene rings is 2. The monoisotopic (exact) mass is 493 g/mol. The SMILES string of the molecule is COc1ccccc1-c1sc(C)nc1C(=O)N1CSC[C@H]1CNC(=O)c1cccc2occc12. The molecule has 0 saturated carbocycles. The lowest BCUT2D eigenvalue weighted by molar-refractivity contribution is 0.0732. The van der Waals surface area contributed by atoms with Gasteiger partial charge in [-0.05, 0) is 37.3 Å². The molecule has 0 radical (unpaired) electrons. The molecule has 2 aromatic heterocycles. The maximum atomic E-state index is 13.6. The van der Waals surface area contributed by atoms with Gasteiger partial charge in [-0.3, -0.25) is 9.59 Å².